The molecule has 172 valence electrons. The van der Waals surface area contributed by atoms with Gasteiger partial charge in [-0.3, -0.25) is 9.59 Å². The molecule has 33 heavy (non-hydrogen) atoms. The molecule has 1 atom stereocenters. The van der Waals surface area contributed by atoms with Crippen molar-refractivity contribution in [2.24, 2.45) is 0 Å². The zero-order valence-electron chi connectivity index (χ0n) is 19.3. The molecule has 1 unspecified atom stereocenters. The third kappa shape index (κ3) is 6.69. The normalized spacial score (nSPS) is 11.5. The van der Waals surface area contributed by atoms with E-state index >= 15 is 0 Å². The number of benzene rings is 3. The fraction of sp³-hybridized carbons (Fsp3) is 0.286. The first kappa shape index (κ1) is 24.1. The molecule has 0 fully saturated rings. The summed E-state index contributed by atoms with van der Waals surface area (Å²) in [5.41, 5.74) is 2.22. The van der Waals surface area contributed by atoms with Gasteiger partial charge in [-0.2, -0.15) is 0 Å². The minimum Gasteiger partial charge on any atom is -0.485 e. The van der Waals surface area contributed by atoms with E-state index in [-0.39, 0.29) is 5.91 Å². The molecular formula is C28H31NO4. The Balaban J connectivity index is 1.93. The second-order valence-electron chi connectivity index (χ2n) is 7.83. The van der Waals surface area contributed by atoms with Crippen molar-refractivity contribution >= 4 is 12.2 Å². The van der Waals surface area contributed by atoms with E-state index < -0.39 is 6.10 Å². The van der Waals surface area contributed by atoms with Crippen molar-refractivity contribution in [2.75, 3.05) is 13.1 Å². The number of hydrogen-bond donors (Lipinski definition) is 0. The molecule has 5 nitrogen and oxygen atoms in total. The van der Waals surface area contributed by atoms with E-state index in [1.165, 1.54) is 0 Å². The minimum atomic E-state index is -0.842. The van der Waals surface area contributed by atoms with Crippen molar-refractivity contribution in [3.63, 3.8) is 0 Å². The van der Waals surface area contributed by atoms with Crippen LogP contribution >= 0.6 is 0 Å². The summed E-state index contributed by atoms with van der Waals surface area (Å²) < 4.78 is 12.4. The zero-order valence-corrected chi connectivity index (χ0v) is 19.3. The summed E-state index contributed by atoms with van der Waals surface area (Å²) in [5, 5.41) is 0. The number of nitrogens with zero attached hydrogens (tertiary/aromatic N) is 1. The van der Waals surface area contributed by atoms with Gasteiger partial charge >= 0.3 is 0 Å². The van der Waals surface area contributed by atoms with Gasteiger partial charge in [-0.15, -0.1) is 0 Å². The topological polar surface area (TPSA) is 55.8 Å². The SMILES string of the molecule is CCCN(CCC)C(=O)C(Oc1cc(C=O)ccc1OCc1ccccc1)c1ccccc1. The molecule has 0 heterocycles. The van der Waals surface area contributed by atoms with Crippen LogP contribution in [0.2, 0.25) is 0 Å². The maximum absolute atomic E-state index is 13.6. The molecule has 3 rings (SSSR count). The van der Waals surface area contributed by atoms with Crippen LogP contribution in [-0.4, -0.2) is 30.2 Å². The number of rotatable bonds is 12. The summed E-state index contributed by atoms with van der Waals surface area (Å²) in [7, 11) is 0. The van der Waals surface area contributed by atoms with E-state index in [9.17, 15) is 9.59 Å². The van der Waals surface area contributed by atoms with Crippen LogP contribution in [0.5, 0.6) is 11.5 Å². The number of ether oxygens (including phenoxy) is 2. The molecule has 3 aromatic carbocycles. The summed E-state index contributed by atoms with van der Waals surface area (Å²) in [6.07, 6.45) is 1.64. The van der Waals surface area contributed by atoms with Gasteiger partial charge in [-0.1, -0.05) is 74.5 Å². The lowest BCUT2D eigenvalue weighted by molar-refractivity contribution is -0.139. The van der Waals surface area contributed by atoms with E-state index in [4.69, 9.17) is 9.47 Å². The fourth-order valence-electron chi connectivity index (χ4n) is 3.60. The third-order valence-electron chi connectivity index (χ3n) is 5.21. The maximum Gasteiger partial charge on any atom is 0.268 e. The Morgan fingerprint density at radius 1 is 0.879 bits per heavy atom. The zero-order chi connectivity index (χ0) is 23.5. The third-order valence-corrected chi connectivity index (χ3v) is 5.21. The molecule has 0 aliphatic carbocycles. The van der Waals surface area contributed by atoms with Crippen LogP contribution in [0.15, 0.2) is 78.9 Å². The molecule has 1 amide bonds. The standard InChI is InChI=1S/C28H31NO4/c1-3-17-29(18-4-2)28(31)27(24-13-9-6-10-14-24)33-26-19-23(20-30)15-16-25(26)32-21-22-11-7-5-8-12-22/h5-16,19-20,27H,3-4,17-18,21H2,1-2H3. The molecule has 0 bridgehead atoms. The van der Waals surface area contributed by atoms with Crippen LogP contribution in [0, 0.1) is 0 Å². The number of carbonyl (C=O) groups is 2. The molecule has 5 heteroatoms. The Labute approximate surface area is 196 Å². The average Bonchev–Trinajstić information content (AvgIpc) is 2.87. The summed E-state index contributed by atoms with van der Waals surface area (Å²) in [4.78, 5) is 26.8. The molecule has 0 radical (unpaired) electrons. The van der Waals surface area contributed by atoms with Crippen molar-refractivity contribution in [1.29, 1.82) is 0 Å². The lowest BCUT2D eigenvalue weighted by Gasteiger charge is -2.28. The van der Waals surface area contributed by atoms with E-state index in [0.29, 0.717) is 36.8 Å². The minimum absolute atomic E-state index is 0.101. The molecule has 0 saturated carbocycles. The summed E-state index contributed by atoms with van der Waals surface area (Å²) in [5.74, 6) is 0.747. The van der Waals surface area contributed by atoms with Gasteiger partial charge in [0.2, 0.25) is 6.10 Å². The predicted molar refractivity (Wildman–Crippen MR) is 130 cm³/mol. The smallest absolute Gasteiger partial charge is 0.268 e. The van der Waals surface area contributed by atoms with Crippen molar-refractivity contribution < 1.29 is 19.1 Å². The molecule has 0 spiro atoms. The lowest BCUT2D eigenvalue weighted by atomic mass is 10.1. The first-order chi connectivity index (χ1) is 16.2. The van der Waals surface area contributed by atoms with Gasteiger partial charge in [0, 0.05) is 24.2 Å². The van der Waals surface area contributed by atoms with Crippen LogP contribution in [0.4, 0.5) is 0 Å². The fourth-order valence-corrected chi connectivity index (χ4v) is 3.60. The number of carbonyl (C=O) groups excluding carboxylic acids is 2. The first-order valence-electron chi connectivity index (χ1n) is 11.4. The average molecular weight is 446 g/mol. The molecule has 0 aromatic heterocycles. The highest BCUT2D eigenvalue weighted by molar-refractivity contribution is 5.83. The molecular weight excluding hydrogens is 414 g/mol. The lowest BCUT2D eigenvalue weighted by Crippen LogP contribution is -2.38. The number of amides is 1. The molecule has 0 aliphatic rings. The molecule has 0 aliphatic heterocycles. The van der Waals surface area contributed by atoms with E-state index in [2.05, 4.69) is 13.8 Å². The van der Waals surface area contributed by atoms with Gasteiger partial charge in [0.1, 0.15) is 12.9 Å². The highest BCUT2D eigenvalue weighted by atomic mass is 16.5. The van der Waals surface area contributed by atoms with E-state index in [0.717, 1.165) is 30.3 Å². The first-order valence-corrected chi connectivity index (χ1v) is 11.4. The van der Waals surface area contributed by atoms with Gasteiger partial charge in [-0.05, 0) is 36.6 Å². The number of aldehydes is 1. The Bertz CT molecular complexity index is 1010. The Morgan fingerprint density at radius 3 is 2.12 bits per heavy atom. The van der Waals surface area contributed by atoms with Crippen LogP contribution in [-0.2, 0) is 11.4 Å². The van der Waals surface area contributed by atoms with Crippen molar-refractivity contribution in [3.8, 4) is 11.5 Å². The predicted octanol–water partition coefficient (Wildman–Crippen LogP) is 5.85. The Kier molecular flexibility index (Phi) is 9.07. The van der Waals surface area contributed by atoms with Crippen molar-refractivity contribution in [2.45, 2.75) is 39.4 Å². The summed E-state index contributed by atoms with van der Waals surface area (Å²) >= 11 is 0. The van der Waals surface area contributed by atoms with Gasteiger partial charge in [0.05, 0.1) is 0 Å². The van der Waals surface area contributed by atoms with Gasteiger partial charge in [0.15, 0.2) is 11.5 Å². The largest absolute Gasteiger partial charge is 0.485 e. The Morgan fingerprint density at radius 2 is 1.52 bits per heavy atom. The van der Waals surface area contributed by atoms with E-state index in [1.807, 2.05) is 65.6 Å². The van der Waals surface area contributed by atoms with Crippen LogP contribution < -0.4 is 9.47 Å². The second-order valence-corrected chi connectivity index (χ2v) is 7.83. The summed E-state index contributed by atoms with van der Waals surface area (Å²) in [6.45, 7) is 5.77. The van der Waals surface area contributed by atoms with Crippen LogP contribution in [0.1, 0.15) is 54.3 Å². The van der Waals surface area contributed by atoms with Gasteiger partial charge < -0.3 is 14.4 Å². The van der Waals surface area contributed by atoms with Gasteiger partial charge in [-0.25, -0.2) is 0 Å². The van der Waals surface area contributed by atoms with Crippen LogP contribution in [0.3, 0.4) is 0 Å². The van der Waals surface area contributed by atoms with Crippen LogP contribution in [0.25, 0.3) is 0 Å². The Hall–Kier alpha value is -3.60. The molecule has 0 N–H and O–H groups in total. The highest BCUT2D eigenvalue weighted by Gasteiger charge is 2.28. The van der Waals surface area contributed by atoms with Crippen molar-refractivity contribution in [1.82, 2.24) is 4.90 Å². The van der Waals surface area contributed by atoms with Crippen molar-refractivity contribution in [3.05, 3.63) is 95.6 Å². The van der Waals surface area contributed by atoms with E-state index in [1.54, 1.807) is 18.2 Å². The monoisotopic (exact) mass is 445 g/mol. The second kappa shape index (κ2) is 12.4. The highest BCUT2D eigenvalue weighted by Crippen LogP contribution is 2.34. The molecule has 3 aromatic rings. The molecule has 0 saturated heterocycles. The quantitative estimate of drug-likeness (QED) is 0.328. The summed E-state index contributed by atoms with van der Waals surface area (Å²) in [6, 6.07) is 24.3. The number of hydrogen-bond acceptors (Lipinski definition) is 4. The van der Waals surface area contributed by atoms with Gasteiger partial charge in [0.25, 0.3) is 5.91 Å². The maximum atomic E-state index is 13.6.